The van der Waals surface area contributed by atoms with Gasteiger partial charge in [0.1, 0.15) is 0 Å². The van der Waals surface area contributed by atoms with Crippen LogP contribution in [0.15, 0.2) is 0 Å². The Morgan fingerprint density at radius 2 is 1.31 bits per heavy atom. The zero-order valence-corrected chi connectivity index (χ0v) is 22.3. The van der Waals surface area contributed by atoms with Gasteiger partial charge >= 0.3 is 5.97 Å². The number of hydrogen-bond donors (Lipinski definition) is 0. The van der Waals surface area contributed by atoms with Crippen LogP contribution in [0, 0.1) is 17.8 Å². The van der Waals surface area contributed by atoms with Gasteiger partial charge in [-0.05, 0) is 64.5 Å². The van der Waals surface area contributed by atoms with E-state index in [9.17, 15) is 4.79 Å². The minimum absolute atomic E-state index is 0.0208. The van der Waals surface area contributed by atoms with Crippen molar-refractivity contribution < 1.29 is 9.53 Å². The molecule has 32 heavy (non-hydrogen) atoms. The van der Waals surface area contributed by atoms with E-state index in [-0.39, 0.29) is 5.97 Å². The third kappa shape index (κ3) is 17.0. The summed E-state index contributed by atoms with van der Waals surface area (Å²) in [4.78, 5) is 13.7. The predicted octanol–water partition coefficient (Wildman–Crippen LogP) is 8.41. The van der Waals surface area contributed by atoms with Crippen molar-refractivity contribution in [2.24, 2.45) is 17.8 Å². The van der Waals surface area contributed by atoms with Crippen molar-refractivity contribution in [3.63, 3.8) is 0 Å². The number of nitrogens with zero attached hydrogens (tertiary/aromatic N) is 1. The monoisotopic (exact) mass is 451 g/mol. The quantitative estimate of drug-likeness (QED) is 0.115. The summed E-state index contributed by atoms with van der Waals surface area (Å²) in [5.74, 6) is 2.93. The van der Waals surface area contributed by atoms with Gasteiger partial charge in [0.25, 0.3) is 0 Å². The minimum Gasteiger partial charge on any atom is -0.466 e. The maximum absolute atomic E-state index is 11.3. The van der Waals surface area contributed by atoms with E-state index in [4.69, 9.17) is 4.74 Å². The van der Waals surface area contributed by atoms with Gasteiger partial charge in [-0.25, -0.2) is 0 Å². The molecule has 0 amide bonds. The zero-order valence-electron chi connectivity index (χ0n) is 22.3. The van der Waals surface area contributed by atoms with E-state index < -0.39 is 0 Å². The summed E-state index contributed by atoms with van der Waals surface area (Å²) in [7, 11) is 4.46. The SMILES string of the molecule is CCCCCCC(CCCCCCCCC1CC1CCCCCC(=O)OCC)CN(C)C. The highest BCUT2D eigenvalue weighted by Gasteiger charge is 2.35. The molecule has 0 heterocycles. The molecule has 0 aromatic rings. The van der Waals surface area contributed by atoms with Gasteiger partial charge in [0.15, 0.2) is 0 Å². The molecule has 0 spiro atoms. The van der Waals surface area contributed by atoms with Crippen LogP contribution in [0.2, 0.25) is 0 Å². The fourth-order valence-corrected chi connectivity index (χ4v) is 5.35. The summed E-state index contributed by atoms with van der Waals surface area (Å²) < 4.78 is 4.99. The van der Waals surface area contributed by atoms with E-state index in [1.807, 2.05) is 6.92 Å². The third-order valence-corrected chi connectivity index (χ3v) is 7.36. The number of ether oxygens (including phenoxy) is 1. The first-order chi connectivity index (χ1) is 15.6. The fourth-order valence-electron chi connectivity index (χ4n) is 5.35. The molecule has 0 aromatic carbocycles. The van der Waals surface area contributed by atoms with Crippen LogP contribution >= 0.6 is 0 Å². The first kappa shape index (κ1) is 29.5. The Bertz CT molecular complexity index is 437. The number of unbranched alkanes of at least 4 members (excludes halogenated alkanes) is 10. The lowest BCUT2D eigenvalue weighted by molar-refractivity contribution is -0.143. The van der Waals surface area contributed by atoms with Crippen LogP contribution in [0.1, 0.15) is 136 Å². The topological polar surface area (TPSA) is 29.5 Å². The Balaban J connectivity index is 1.89. The molecule has 0 aromatic heterocycles. The van der Waals surface area contributed by atoms with E-state index in [1.54, 1.807) is 0 Å². The standard InChI is InChI=1S/C29H57NO2/c1-5-7-8-14-19-26(25-30(3)4)20-15-11-9-10-12-16-21-27-24-28(27)22-17-13-18-23-29(31)32-6-2/h26-28H,5-25H2,1-4H3. The lowest BCUT2D eigenvalue weighted by atomic mass is 9.94. The second kappa shape index (κ2) is 19.9. The molecule has 0 saturated heterocycles. The second-order valence-electron chi connectivity index (χ2n) is 10.8. The van der Waals surface area contributed by atoms with Crippen LogP contribution in [0.5, 0.6) is 0 Å². The van der Waals surface area contributed by atoms with Crippen LogP contribution in [0.4, 0.5) is 0 Å². The van der Waals surface area contributed by atoms with Crippen molar-refractivity contribution >= 4 is 5.97 Å². The van der Waals surface area contributed by atoms with Crippen molar-refractivity contribution in [2.45, 2.75) is 136 Å². The molecule has 190 valence electrons. The number of hydrogen-bond acceptors (Lipinski definition) is 3. The maximum Gasteiger partial charge on any atom is 0.305 e. The Morgan fingerprint density at radius 3 is 1.88 bits per heavy atom. The van der Waals surface area contributed by atoms with Crippen LogP contribution in [0.25, 0.3) is 0 Å². The van der Waals surface area contributed by atoms with Crippen molar-refractivity contribution in [1.29, 1.82) is 0 Å². The zero-order chi connectivity index (χ0) is 23.4. The maximum atomic E-state index is 11.3. The highest BCUT2D eigenvalue weighted by molar-refractivity contribution is 5.69. The summed E-state index contributed by atoms with van der Waals surface area (Å²) in [6.45, 7) is 5.97. The smallest absolute Gasteiger partial charge is 0.305 e. The fraction of sp³-hybridized carbons (Fsp3) is 0.966. The average molecular weight is 452 g/mol. The predicted molar refractivity (Wildman–Crippen MR) is 139 cm³/mol. The highest BCUT2D eigenvalue weighted by atomic mass is 16.5. The van der Waals surface area contributed by atoms with E-state index in [1.165, 1.54) is 116 Å². The largest absolute Gasteiger partial charge is 0.466 e. The molecule has 3 atom stereocenters. The number of carbonyl (C=O) groups excluding carboxylic acids is 1. The van der Waals surface area contributed by atoms with Gasteiger partial charge in [-0.1, -0.05) is 96.8 Å². The molecule has 3 heteroatoms. The normalized spacial score (nSPS) is 18.8. The van der Waals surface area contributed by atoms with Gasteiger partial charge in [-0.3, -0.25) is 4.79 Å². The second-order valence-corrected chi connectivity index (χ2v) is 10.8. The third-order valence-electron chi connectivity index (χ3n) is 7.36. The molecule has 0 N–H and O–H groups in total. The molecule has 1 aliphatic rings. The molecule has 1 fully saturated rings. The number of carbonyl (C=O) groups is 1. The van der Waals surface area contributed by atoms with Gasteiger partial charge in [-0.15, -0.1) is 0 Å². The molecule has 0 radical (unpaired) electrons. The summed E-state index contributed by atoms with van der Waals surface area (Å²) in [5.41, 5.74) is 0. The molecule has 1 saturated carbocycles. The van der Waals surface area contributed by atoms with Gasteiger partial charge in [0, 0.05) is 13.0 Å². The Morgan fingerprint density at radius 1 is 0.781 bits per heavy atom. The van der Waals surface area contributed by atoms with Crippen molar-refractivity contribution in [3.05, 3.63) is 0 Å². The number of rotatable bonds is 23. The van der Waals surface area contributed by atoms with E-state index >= 15 is 0 Å². The summed E-state index contributed by atoms with van der Waals surface area (Å²) in [5, 5.41) is 0. The van der Waals surface area contributed by atoms with Crippen molar-refractivity contribution in [2.75, 3.05) is 27.2 Å². The first-order valence-electron chi connectivity index (χ1n) is 14.4. The minimum atomic E-state index is -0.0208. The van der Waals surface area contributed by atoms with Crippen LogP contribution in [0.3, 0.4) is 0 Å². The summed E-state index contributed by atoms with van der Waals surface area (Å²) in [6.07, 6.45) is 25.6. The Kier molecular flexibility index (Phi) is 18.3. The molecular weight excluding hydrogens is 394 g/mol. The number of esters is 1. The van der Waals surface area contributed by atoms with E-state index in [0.29, 0.717) is 13.0 Å². The molecule has 0 bridgehead atoms. The Labute approximate surface area is 201 Å². The summed E-state index contributed by atoms with van der Waals surface area (Å²) >= 11 is 0. The Hall–Kier alpha value is -0.570. The van der Waals surface area contributed by atoms with Crippen LogP contribution < -0.4 is 0 Å². The average Bonchev–Trinajstić information content (AvgIpc) is 3.50. The highest BCUT2D eigenvalue weighted by Crippen LogP contribution is 2.45. The lowest BCUT2D eigenvalue weighted by Crippen LogP contribution is -2.21. The van der Waals surface area contributed by atoms with E-state index in [2.05, 4.69) is 25.9 Å². The molecule has 1 rings (SSSR count). The van der Waals surface area contributed by atoms with Gasteiger partial charge in [0.2, 0.25) is 0 Å². The molecule has 3 nitrogen and oxygen atoms in total. The van der Waals surface area contributed by atoms with Gasteiger partial charge in [0.05, 0.1) is 6.61 Å². The van der Waals surface area contributed by atoms with E-state index in [0.717, 1.165) is 24.2 Å². The van der Waals surface area contributed by atoms with Gasteiger partial charge in [-0.2, -0.15) is 0 Å². The lowest BCUT2D eigenvalue weighted by Gasteiger charge is -2.21. The van der Waals surface area contributed by atoms with Crippen LogP contribution in [-0.4, -0.2) is 38.1 Å². The van der Waals surface area contributed by atoms with Crippen molar-refractivity contribution in [1.82, 2.24) is 4.90 Å². The molecule has 0 aliphatic heterocycles. The van der Waals surface area contributed by atoms with Crippen LogP contribution in [-0.2, 0) is 9.53 Å². The molecule has 1 aliphatic carbocycles. The van der Waals surface area contributed by atoms with Gasteiger partial charge < -0.3 is 9.64 Å². The molecule has 3 unspecified atom stereocenters. The molecular formula is C29H57NO2. The summed E-state index contributed by atoms with van der Waals surface area (Å²) in [6, 6.07) is 0. The first-order valence-corrected chi connectivity index (χ1v) is 14.4. The van der Waals surface area contributed by atoms with Crippen molar-refractivity contribution in [3.8, 4) is 0 Å².